The van der Waals surface area contributed by atoms with Crippen LogP contribution in [0, 0.1) is 11.8 Å². The Bertz CT molecular complexity index is 1460. The number of aromatic nitrogens is 2. The van der Waals surface area contributed by atoms with Crippen LogP contribution in [0.3, 0.4) is 0 Å². The Labute approximate surface area is 194 Å². The fourth-order valence-corrected chi connectivity index (χ4v) is 3.69. The number of carbonyl (C=O) groups is 4. The van der Waals surface area contributed by atoms with Gasteiger partial charge in [0, 0.05) is 49.6 Å². The largest absolute Gasteiger partial charge is 0.424 e. The third kappa shape index (κ3) is 4.32. The summed E-state index contributed by atoms with van der Waals surface area (Å²) in [5.74, 6) is 5.27. The minimum atomic E-state index is -0.492. The lowest BCUT2D eigenvalue weighted by molar-refractivity contribution is -0.132. The molecule has 170 valence electrons. The van der Waals surface area contributed by atoms with Crippen LogP contribution in [0.15, 0.2) is 48.8 Å². The van der Waals surface area contributed by atoms with Crippen LogP contribution in [0.25, 0.3) is 21.8 Å². The average molecular weight is 456 g/mol. The van der Waals surface area contributed by atoms with E-state index in [1.807, 2.05) is 0 Å². The number of fused-ring (bicyclic) bond motifs is 2. The number of nitrogens with zero attached hydrogens (tertiary/aromatic N) is 2. The molecule has 2 heterocycles. The van der Waals surface area contributed by atoms with Crippen LogP contribution in [0.2, 0.25) is 0 Å². The van der Waals surface area contributed by atoms with Gasteiger partial charge in [-0.25, -0.2) is 0 Å². The Morgan fingerprint density at radius 3 is 1.35 bits per heavy atom. The first-order valence-electron chi connectivity index (χ1n) is 10.3. The van der Waals surface area contributed by atoms with Gasteiger partial charge < -0.3 is 9.47 Å². The van der Waals surface area contributed by atoms with Crippen molar-refractivity contribution < 1.29 is 28.7 Å². The first-order chi connectivity index (χ1) is 16.1. The van der Waals surface area contributed by atoms with E-state index >= 15 is 0 Å². The Morgan fingerprint density at radius 2 is 1.03 bits per heavy atom. The summed E-state index contributed by atoms with van der Waals surface area (Å²) >= 11 is 0. The molecule has 0 aliphatic rings. The first-order valence-corrected chi connectivity index (χ1v) is 10.3. The predicted molar refractivity (Wildman–Crippen MR) is 125 cm³/mol. The number of ether oxygens (including phenoxy) is 2. The molecule has 0 bridgehead atoms. The molecule has 8 nitrogen and oxygen atoms in total. The Kier molecular flexibility index (Phi) is 5.78. The molecule has 4 rings (SSSR count). The van der Waals surface area contributed by atoms with Gasteiger partial charge in [0.15, 0.2) is 11.5 Å². The molecule has 0 spiro atoms. The van der Waals surface area contributed by atoms with Gasteiger partial charge in [-0.3, -0.25) is 28.3 Å². The van der Waals surface area contributed by atoms with Crippen molar-refractivity contribution >= 4 is 45.6 Å². The average Bonchev–Trinajstić information content (AvgIpc) is 3.30. The SMILES string of the molecule is CC(=O)Oc1cn(C(C)=O)c2ccc(C#Cc3ccc4c(c3)c(OC(C)=O)cn4C(C)=O)cc12. The molecule has 0 N–H and O–H groups in total. The van der Waals surface area contributed by atoms with Crippen LogP contribution < -0.4 is 9.47 Å². The quantitative estimate of drug-likeness (QED) is 0.332. The van der Waals surface area contributed by atoms with Gasteiger partial charge in [0.2, 0.25) is 11.8 Å². The topological polar surface area (TPSA) is 96.6 Å². The lowest BCUT2D eigenvalue weighted by Crippen LogP contribution is -2.03. The van der Waals surface area contributed by atoms with E-state index in [0.29, 0.717) is 32.9 Å². The van der Waals surface area contributed by atoms with E-state index in [0.717, 1.165) is 0 Å². The Morgan fingerprint density at radius 1 is 0.647 bits per heavy atom. The van der Waals surface area contributed by atoms with E-state index in [1.165, 1.54) is 49.2 Å². The molecule has 0 amide bonds. The third-order valence-corrected chi connectivity index (χ3v) is 5.07. The summed E-state index contributed by atoms with van der Waals surface area (Å²) in [5, 5.41) is 1.17. The number of hydrogen-bond donors (Lipinski definition) is 0. The number of hydrogen-bond acceptors (Lipinski definition) is 6. The molecule has 0 saturated carbocycles. The van der Waals surface area contributed by atoms with Gasteiger partial charge in [0.05, 0.1) is 23.4 Å². The van der Waals surface area contributed by atoms with Crippen LogP contribution in [0.4, 0.5) is 0 Å². The summed E-state index contributed by atoms with van der Waals surface area (Å²) in [5.41, 5.74) is 2.49. The molecule has 34 heavy (non-hydrogen) atoms. The second kappa shape index (κ2) is 8.71. The first kappa shape index (κ1) is 22.6. The highest BCUT2D eigenvalue weighted by Crippen LogP contribution is 2.31. The van der Waals surface area contributed by atoms with Gasteiger partial charge in [-0.15, -0.1) is 0 Å². The van der Waals surface area contributed by atoms with Crippen LogP contribution in [0.1, 0.15) is 48.4 Å². The molecule has 0 atom stereocenters. The molecule has 8 heteroatoms. The number of carbonyl (C=O) groups excluding carboxylic acids is 4. The summed E-state index contributed by atoms with van der Waals surface area (Å²) in [6.45, 7) is 5.43. The van der Waals surface area contributed by atoms with E-state index < -0.39 is 11.9 Å². The molecule has 0 aliphatic carbocycles. The molecular formula is C26H20N2O6. The highest BCUT2D eigenvalue weighted by molar-refractivity contribution is 5.98. The molecular weight excluding hydrogens is 436 g/mol. The summed E-state index contributed by atoms with van der Waals surface area (Å²) in [6.07, 6.45) is 2.96. The maximum absolute atomic E-state index is 11.9. The number of esters is 2. The third-order valence-electron chi connectivity index (χ3n) is 5.07. The van der Waals surface area contributed by atoms with Crippen molar-refractivity contribution in [1.82, 2.24) is 9.13 Å². The molecule has 2 aromatic carbocycles. The van der Waals surface area contributed by atoms with Gasteiger partial charge >= 0.3 is 11.9 Å². The van der Waals surface area contributed by atoms with Crippen molar-refractivity contribution in [1.29, 1.82) is 0 Å². The summed E-state index contributed by atoms with van der Waals surface area (Å²) in [6, 6.07) is 10.5. The van der Waals surface area contributed by atoms with Gasteiger partial charge in [0.25, 0.3) is 0 Å². The minimum absolute atomic E-state index is 0.211. The summed E-state index contributed by atoms with van der Waals surface area (Å²) < 4.78 is 13.3. The smallest absolute Gasteiger partial charge is 0.308 e. The minimum Gasteiger partial charge on any atom is -0.424 e. The highest BCUT2D eigenvalue weighted by Gasteiger charge is 2.15. The zero-order chi connectivity index (χ0) is 24.6. The second-order valence-corrected chi connectivity index (χ2v) is 7.67. The lowest BCUT2D eigenvalue weighted by Gasteiger charge is -2.00. The van der Waals surface area contributed by atoms with Crippen molar-refractivity contribution in [2.45, 2.75) is 27.7 Å². The van der Waals surface area contributed by atoms with Crippen LogP contribution in [-0.2, 0) is 9.59 Å². The van der Waals surface area contributed by atoms with Gasteiger partial charge in [0.1, 0.15) is 0 Å². The van der Waals surface area contributed by atoms with Crippen molar-refractivity contribution in [3.8, 4) is 23.3 Å². The fraction of sp³-hybridized carbons (Fsp3) is 0.154. The molecule has 0 fully saturated rings. The van der Waals surface area contributed by atoms with Crippen molar-refractivity contribution in [2.75, 3.05) is 0 Å². The molecule has 0 saturated heterocycles. The van der Waals surface area contributed by atoms with E-state index in [9.17, 15) is 19.2 Å². The van der Waals surface area contributed by atoms with Crippen LogP contribution in [-0.4, -0.2) is 32.9 Å². The van der Waals surface area contributed by atoms with Crippen molar-refractivity contribution in [3.05, 3.63) is 59.9 Å². The van der Waals surface area contributed by atoms with E-state index in [1.54, 1.807) is 36.4 Å². The zero-order valence-corrected chi connectivity index (χ0v) is 19.0. The fourth-order valence-electron chi connectivity index (χ4n) is 3.69. The van der Waals surface area contributed by atoms with E-state index in [4.69, 9.17) is 9.47 Å². The molecule has 0 radical (unpaired) electrons. The number of benzene rings is 2. The molecule has 0 aliphatic heterocycles. The number of rotatable bonds is 2. The van der Waals surface area contributed by atoms with Gasteiger partial charge in [-0.05, 0) is 36.4 Å². The Balaban J connectivity index is 1.77. The highest BCUT2D eigenvalue weighted by atomic mass is 16.5. The molecule has 4 aromatic rings. The summed E-state index contributed by atoms with van der Waals surface area (Å²) in [4.78, 5) is 46.8. The van der Waals surface area contributed by atoms with E-state index in [-0.39, 0.29) is 23.3 Å². The standard InChI is InChI=1S/C26H20N2O6/c1-15(29)27-13-25(33-17(3)31)21-11-19(7-9-23(21)27)5-6-20-8-10-24-22(12-20)26(34-18(4)32)14-28(24)16(2)30/h7-14H,1-4H3. The van der Waals surface area contributed by atoms with Gasteiger partial charge in [-0.1, -0.05) is 11.8 Å². The zero-order valence-electron chi connectivity index (χ0n) is 19.0. The van der Waals surface area contributed by atoms with Crippen molar-refractivity contribution in [3.63, 3.8) is 0 Å². The van der Waals surface area contributed by atoms with Crippen molar-refractivity contribution in [2.24, 2.45) is 0 Å². The maximum Gasteiger partial charge on any atom is 0.308 e. The van der Waals surface area contributed by atoms with Crippen LogP contribution in [0.5, 0.6) is 11.5 Å². The van der Waals surface area contributed by atoms with Crippen LogP contribution >= 0.6 is 0 Å². The lowest BCUT2D eigenvalue weighted by atomic mass is 10.1. The van der Waals surface area contributed by atoms with Gasteiger partial charge in [-0.2, -0.15) is 0 Å². The Hall–Kier alpha value is -4.64. The normalized spacial score (nSPS) is 10.6. The van der Waals surface area contributed by atoms with E-state index in [2.05, 4.69) is 11.8 Å². The second-order valence-electron chi connectivity index (χ2n) is 7.67. The summed E-state index contributed by atoms with van der Waals surface area (Å²) in [7, 11) is 0. The predicted octanol–water partition coefficient (Wildman–Crippen LogP) is 4.17. The molecule has 2 aromatic heterocycles. The maximum atomic E-state index is 11.9. The molecule has 0 unspecified atom stereocenters. The monoisotopic (exact) mass is 456 g/mol.